The van der Waals surface area contributed by atoms with Gasteiger partial charge in [-0.2, -0.15) is 51.8 Å². The van der Waals surface area contributed by atoms with Crippen molar-refractivity contribution in [3.05, 3.63) is 56.0 Å². The quantitative estimate of drug-likeness (QED) is 0.306. The molecule has 0 saturated heterocycles. The molecule has 0 bridgehead atoms. The molecule has 2 rings (SSSR count). The number of carbonyl (C=O) groups is 2. The summed E-state index contributed by atoms with van der Waals surface area (Å²) in [5.41, 5.74) is -16.6. The Morgan fingerprint density at radius 2 is 0.789 bits per heavy atom. The SMILES string of the molecule is O=C(C(=O)N(c1c(Cl)cc(F)cc1Cl)S(=O)(=O)C(F)(F)F)N(c1c(Cl)cc(F)cc1Cl)S(=O)(=O)C(F)(F)F. The molecule has 0 radical (unpaired) electrons. The summed E-state index contributed by atoms with van der Waals surface area (Å²) in [6.07, 6.45) is 0. The van der Waals surface area contributed by atoms with Gasteiger partial charge < -0.3 is 0 Å². The van der Waals surface area contributed by atoms with Gasteiger partial charge in [0, 0.05) is 0 Å². The van der Waals surface area contributed by atoms with Crippen molar-refractivity contribution in [3.63, 3.8) is 0 Å². The summed E-state index contributed by atoms with van der Waals surface area (Å²) in [7, 11) is -14.3. The maximum absolute atomic E-state index is 13.5. The number of anilines is 2. The first-order valence-electron chi connectivity index (χ1n) is 8.57. The van der Waals surface area contributed by atoms with Crippen LogP contribution in [-0.4, -0.2) is 39.7 Å². The van der Waals surface area contributed by atoms with Gasteiger partial charge in [0.1, 0.15) is 11.6 Å². The molecule has 0 fully saturated rings. The number of nitrogens with zero attached hydrogens (tertiary/aromatic N) is 2. The summed E-state index contributed by atoms with van der Waals surface area (Å²) in [5, 5.41) is -5.58. The molecule has 2 amide bonds. The minimum atomic E-state index is -7.17. The lowest BCUT2D eigenvalue weighted by molar-refractivity contribution is -0.135. The molecule has 0 aliphatic heterocycles. The van der Waals surface area contributed by atoms with Crippen LogP contribution in [0.3, 0.4) is 0 Å². The summed E-state index contributed by atoms with van der Waals surface area (Å²) in [6.45, 7) is 0. The zero-order chi connectivity index (χ0) is 29.8. The molecule has 0 N–H and O–H groups in total. The third kappa shape index (κ3) is 5.74. The maximum atomic E-state index is 13.5. The van der Waals surface area contributed by atoms with Gasteiger partial charge in [-0.1, -0.05) is 46.4 Å². The van der Waals surface area contributed by atoms with E-state index in [-0.39, 0.29) is 24.3 Å². The first-order valence-corrected chi connectivity index (χ1v) is 13.0. The summed E-state index contributed by atoms with van der Waals surface area (Å²) < 4.78 is 153. The second-order valence-corrected chi connectivity index (χ2v) is 11.7. The van der Waals surface area contributed by atoms with E-state index in [2.05, 4.69) is 0 Å². The minimum absolute atomic E-state index is 0.0946. The van der Waals surface area contributed by atoms with Gasteiger partial charge in [0.2, 0.25) is 0 Å². The van der Waals surface area contributed by atoms with Crippen LogP contribution in [0.2, 0.25) is 20.1 Å². The molecule has 0 atom stereocenters. The molecule has 210 valence electrons. The van der Waals surface area contributed by atoms with E-state index in [9.17, 15) is 61.5 Å². The lowest BCUT2D eigenvalue weighted by Gasteiger charge is -2.29. The number of halogens is 12. The molecule has 0 aliphatic carbocycles. The van der Waals surface area contributed by atoms with E-state index in [4.69, 9.17) is 46.4 Å². The average Bonchev–Trinajstić information content (AvgIpc) is 2.70. The Hall–Kier alpha value is -2.12. The van der Waals surface area contributed by atoms with Gasteiger partial charge in [0.15, 0.2) is 0 Å². The second-order valence-electron chi connectivity index (χ2n) is 6.48. The average molecular weight is 678 g/mol. The molecule has 0 saturated carbocycles. The van der Waals surface area contributed by atoms with Crippen molar-refractivity contribution in [1.29, 1.82) is 0 Å². The number of hydrogen-bond donors (Lipinski definition) is 0. The Balaban J connectivity index is 3.00. The molecular formula is C16H4Cl4F8N2O6S2. The van der Waals surface area contributed by atoms with E-state index >= 15 is 0 Å². The third-order valence-electron chi connectivity index (χ3n) is 3.99. The Labute approximate surface area is 226 Å². The summed E-state index contributed by atoms with van der Waals surface area (Å²) in [6, 6.07) is 0.378. The van der Waals surface area contributed by atoms with Crippen molar-refractivity contribution in [3.8, 4) is 0 Å². The molecule has 0 spiro atoms. The molecule has 22 heteroatoms. The van der Waals surface area contributed by atoms with Crippen LogP contribution in [-0.2, 0) is 29.6 Å². The van der Waals surface area contributed by atoms with Crippen LogP contribution < -0.4 is 8.61 Å². The number of alkyl halides is 6. The normalized spacial score (nSPS) is 12.8. The predicted molar refractivity (Wildman–Crippen MR) is 118 cm³/mol. The van der Waals surface area contributed by atoms with E-state index in [1.807, 2.05) is 0 Å². The van der Waals surface area contributed by atoms with Crippen molar-refractivity contribution >= 4 is 89.6 Å². The van der Waals surface area contributed by atoms with Crippen LogP contribution in [0.1, 0.15) is 0 Å². The molecule has 8 nitrogen and oxygen atoms in total. The highest BCUT2D eigenvalue weighted by Gasteiger charge is 2.59. The molecule has 0 heterocycles. The van der Waals surface area contributed by atoms with Crippen molar-refractivity contribution < 1.29 is 61.5 Å². The van der Waals surface area contributed by atoms with Crippen LogP contribution >= 0.6 is 46.4 Å². The highest BCUT2D eigenvalue weighted by atomic mass is 35.5. The number of carbonyl (C=O) groups excluding carboxylic acids is 2. The van der Waals surface area contributed by atoms with Gasteiger partial charge in [-0.25, -0.2) is 8.78 Å². The fourth-order valence-electron chi connectivity index (χ4n) is 2.50. The minimum Gasteiger partial charge on any atom is -0.262 e. The van der Waals surface area contributed by atoms with Crippen molar-refractivity contribution in [1.82, 2.24) is 0 Å². The highest BCUT2D eigenvalue weighted by molar-refractivity contribution is 7.95. The van der Waals surface area contributed by atoms with E-state index in [1.54, 1.807) is 0 Å². The van der Waals surface area contributed by atoms with Crippen LogP contribution in [0.5, 0.6) is 0 Å². The predicted octanol–water partition coefficient (Wildman–Crippen LogP) is 5.64. The number of sulfonamides is 2. The second kappa shape index (κ2) is 10.5. The maximum Gasteiger partial charge on any atom is 0.517 e. The van der Waals surface area contributed by atoms with Gasteiger partial charge >= 0.3 is 42.9 Å². The number of benzene rings is 2. The topological polar surface area (TPSA) is 109 Å². The Morgan fingerprint density at radius 3 is 0.974 bits per heavy atom. The summed E-state index contributed by atoms with van der Waals surface area (Å²) in [5.74, 6) is -9.22. The van der Waals surface area contributed by atoms with E-state index in [0.29, 0.717) is 0 Å². The smallest absolute Gasteiger partial charge is 0.262 e. The number of hydrogen-bond acceptors (Lipinski definition) is 6. The van der Waals surface area contributed by atoms with Crippen molar-refractivity contribution in [2.24, 2.45) is 0 Å². The van der Waals surface area contributed by atoms with Gasteiger partial charge in [-0.3, -0.25) is 9.59 Å². The molecular weight excluding hydrogens is 674 g/mol. The lowest BCUT2D eigenvalue weighted by Crippen LogP contribution is -2.55. The molecule has 2 aromatic rings. The zero-order valence-corrected chi connectivity index (χ0v) is 21.7. The van der Waals surface area contributed by atoms with Crippen LogP contribution in [0.15, 0.2) is 24.3 Å². The van der Waals surface area contributed by atoms with Gasteiger partial charge in [0.25, 0.3) is 0 Å². The van der Waals surface area contributed by atoms with Gasteiger partial charge in [-0.15, -0.1) is 0 Å². The van der Waals surface area contributed by atoms with E-state index in [1.165, 1.54) is 0 Å². The first-order chi connectivity index (χ1) is 17.0. The van der Waals surface area contributed by atoms with Gasteiger partial charge in [0.05, 0.1) is 31.5 Å². The molecule has 38 heavy (non-hydrogen) atoms. The van der Waals surface area contributed by atoms with Crippen LogP contribution in [0, 0.1) is 11.6 Å². The molecule has 0 aromatic heterocycles. The largest absolute Gasteiger partial charge is 0.517 e. The monoisotopic (exact) mass is 676 g/mol. The molecule has 2 aromatic carbocycles. The summed E-state index contributed by atoms with van der Waals surface area (Å²) >= 11 is 22.0. The zero-order valence-electron chi connectivity index (χ0n) is 17.0. The Morgan fingerprint density at radius 1 is 0.579 bits per heavy atom. The summed E-state index contributed by atoms with van der Waals surface area (Å²) in [4.78, 5) is 25.7. The van der Waals surface area contributed by atoms with Crippen molar-refractivity contribution in [2.45, 2.75) is 11.0 Å². The van der Waals surface area contributed by atoms with E-state index in [0.717, 1.165) is 0 Å². The standard InChI is InChI=1S/C16H4Cl4F8N2O6S2/c17-7-1-5(21)2-8(18)11(7)29(37(33,34)15(23,24)25)13(31)14(32)30(38(35,36)16(26,27)28)12-9(19)3-6(22)4-10(12)20/h1-4H. The Kier molecular flexibility index (Phi) is 8.83. The van der Waals surface area contributed by atoms with Crippen molar-refractivity contribution in [2.75, 3.05) is 8.61 Å². The highest BCUT2D eigenvalue weighted by Crippen LogP contribution is 2.43. The van der Waals surface area contributed by atoms with Crippen LogP contribution in [0.25, 0.3) is 0 Å². The number of amides is 2. The number of rotatable bonds is 4. The van der Waals surface area contributed by atoms with Gasteiger partial charge in [-0.05, 0) is 24.3 Å². The third-order valence-corrected chi connectivity index (χ3v) is 7.97. The fourth-order valence-corrected chi connectivity index (χ4v) is 5.84. The lowest BCUT2D eigenvalue weighted by atomic mass is 10.3. The molecule has 0 unspecified atom stereocenters. The van der Waals surface area contributed by atoms with E-state index < -0.39 is 94.6 Å². The van der Waals surface area contributed by atoms with Crippen LogP contribution in [0.4, 0.5) is 46.5 Å². The Bertz CT molecular complexity index is 1390. The fraction of sp³-hybridized carbons (Fsp3) is 0.125. The molecule has 0 aliphatic rings. The first kappa shape index (κ1) is 32.1.